The molecule has 3 aromatic heterocycles. The maximum atomic E-state index is 13.8. The van der Waals surface area contributed by atoms with Crippen molar-refractivity contribution in [3.8, 4) is 5.69 Å². The predicted octanol–water partition coefficient (Wildman–Crippen LogP) is 4.51. The number of piperazine rings is 1. The first-order chi connectivity index (χ1) is 18.2. The monoisotopic (exact) mass is 576 g/mol. The highest BCUT2D eigenvalue weighted by molar-refractivity contribution is 6.41. The Morgan fingerprint density at radius 1 is 1.15 bits per heavy atom. The van der Waals surface area contributed by atoms with E-state index in [1.54, 1.807) is 11.0 Å². The summed E-state index contributed by atoms with van der Waals surface area (Å²) in [6.07, 6.45) is 1.10. The summed E-state index contributed by atoms with van der Waals surface area (Å²) in [5, 5.41) is 0.843. The number of rotatable bonds is 4. The van der Waals surface area contributed by atoms with Gasteiger partial charge in [-0.15, -0.1) is 0 Å². The Bertz CT molecular complexity index is 1440. The summed E-state index contributed by atoms with van der Waals surface area (Å²) in [7, 11) is 3.68. The molecule has 1 aliphatic heterocycles. The first kappa shape index (κ1) is 28.8. The average molecular weight is 578 g/mol. The number of carbonyl (C=O) groups is 1. The SMILES string of the molecule is CC(C)c1ncnc(N(C)C)c1-n1c(=O)nc(N2CCN(C(=O)OC(C)(C)C)C[C@@H]2C)c2cc(Cl)c(Cl)nc21. The Labute approximate surface area is 237 Å². The van der Waals surface area contributed by atoms with Gasteiger partial charge < -0.3 is 19.4 Å². The molecule has 1 fully saturated rings. The molecule has 0 saturated carbocycles. The van der Waals surface area contributed by atoms with E-state index in [2.05, 4.69) is 19.9 Å². The summed E-state index contributed by atoms with van der Waals surface area (Å²) in [5.74, 6) is 0.939. The number of ether oxygens (including phenoxy) is 1. The molecule has 4 heterocycles. The van der Waals surface area contributed by atoms with Crippen LogP contribution in [0.4, 0.5) is 16.4 Å². The molecule has 1 amide bonds. The Kier molecular flexibility index (Phi) is 7.96. The molecule has 1 atom stereocenters. The molecule has 0 N–H and O–H groups in total. The minimum Gasteiger partial charge on any atom is -0.444 e. The molecule has 0 aliphatic carbocycles. The minimum absolute atomic E-state index is 0.0212. The van der Waals surface area contributed by atoms with Crippen molar-refractivity contribution in [1.82, 2.24) is 29.4 Å². The number of halogens is 2. The van der Waals surface area contributed by atoms with Crippen LogP contribution >= 0.6 is 23.2 Å². The fourth-order valence-corrected chi connectivity index (χ4v) is 4.90. The number of carbonyl (C=O) groups excluding carboxylic acids is 1. The standard InChI is InChI=1S/C26H34Cl2N8O3/c1-14(2)18-19(23(33(7)8)30-13-29-18)36-22-16(11-17(27)20(28)31-22)21(32-24(36)37)35-10-9-34(12-15(35)3)25(38)39-26(4,5)6/h11,13-15H,9-10,12H2,1-8H3/t15-/m0/s1. The van der Waals surface area contributed by atoms with Gasteiger partial charge >= 0.3 is 11.8 Å². The van der Waals surface area contributed by atoms with Crippen LogP contribution in [0.15, 0.2) is 17.2 Å². The van der Waals surface area contributed by atoms with E-state index in [0.29, 0.717) is 53.7 Å². The van der Waals surface area contributed by atoms with Crippen molar-refractivity contribution in [1.29, 1.82) is 0 Å². The number of hydrogen-bond acceptors (Lipinski definition) is 9. The number of anilines is 2. The van der Waals surface area contributed by atoms with Crippen LogP contribution in [0, 0.1) is 0 Å². The maximum Gasteiger partial charge on any atom is 0.410 e. The van der Waals surface area contributed by atoms with Crippen molar-refractivity contribution in [3.63, 3.8) is 0 Å². The fraction of sp³-hybridized carbons (Fsp3) is 0.538. The minimum atomic E-state index is -0.594. The van der Waals surface area contributed by atoms with Gasteiger partial charge in [-0.1, -0.05) is 37.0 Å². The van der Waals surface area contributed by atoms with E-state index < -0.39 is 11.3 Å². The third kappa shape index (κ3) is 5.74. The summed E-state index contributed by atoms with van der Waals surface area (Å²) in [6, 6.07) is 1.50. The predicted molar refractivity (Wildman–Crippen MR) is 154 cm³/mol. The molecule has 0 unspecified atom stereocenters. The molecule has 1 aliphatic rings. The molecule has 4 rings (SSSR count). The van der Waals surface area contributed by atoms with Gasteiger partial charge in [-0.2, -0.15) is 4.98 Å². The first-order valence-electron chi connectivity index (χ1n) is 12.8. The summed E-state index contributed by atoms with van der Waals surface area (Å²) >= 11 is 12.8. The van der Waals surface area contributed by atoms with Crippen molar-refractivity contribution in [3.05, 3.63) is 38.7 Å². The van der Waals surface area contributed by atoms with Gasteiger partial charge in [-0.05, 0) is 39.7 Å². The van der Waals surface area contributed by atoms with Gasteiger partial charge in [0.2, 0.25) is 0 Å². The zero-order valence-corrected chi connectivity index (χ0v) is 25.0. The molecule has 0 aromatic carbocycles. The molecule has 11 nitrogen and oxygen atoms in total. The largest absolute Gasteiger partial charge is 0.444 e. The molecular weight excluding hydrogens is 543 g/mol. The molecule has 210 valence electrons. The molecule has 0 radical (unpaired) electrons. The number of amides is 1. The average Bonchev–Trinajstić information content (AvgIpc) is 2.83. The molecule has 13 heteroatoms. The van der Waals surface area contributed by atoms with Gasteiger partial charge in [-0.3, -0.25) is 0 Å². The highest BCUT2D eigenvalue weighted by Gasteiger charge is 2.33. The third-order valence-corrected chi connectivity index (χ3v) is 7.01. The zero-order chi connectivity index (χ0) is 28.8. The van der Waals surface area contributed by atoms with Gasteiger partial charge in [0.1, 0.15) is 28.6 Å². The smallest absolute Gasteiger partial charge is 0.410 e. The molecular formula is C26H34Cl2N8O3. The van der Waals surface area contributed by atoms with Crippen molar-refractivity contribution in [2.45, 2.75) is 59.1 Å². The molecule has 39 heavy (non-hydrogen) atoms. The summed E-state index contributed by atoms with van der Waals surface area (Å²) in [6.45, 7) is 12.7. The van der Waals surface area contributed by atoms with Crippen LogP contribution in [0.25, 0.3) is 16.7 Å². The highest BCUT2D eigenvalue weighted by Crippen LogP contribution is 2.35. The van der Waals surface area contributed by atoms with Crippen LogP contribution in [0.2, 0.25) is 10.2 Å². The normalized spacial score (nSPS) is 16.2. The zero-order valence-electron chi connectivity index (χ0n) is 23.5. The molecule has 0 spiro atoms. The van der Waals surface area contributed by atoms with Gasteiger partial charge in [-0.25, -0.2) is 29.1 Å². The van der Waals surface area contributed by atoms with Crippen LogP contribution in [0.1, 0.15) is 53.2 Å². The number of nitrogens with zero attached hydrogens (tertiary/aromatic N) is 8. The van der Waals surface area contributed by atoms with Crippen LogP contribution in [-0.2, 0) is 4.74 Å². The Morgan fingerprint density at radius 2 is 1.85 bits per heavy atom. The Morgan fingerprint density at radius 3 is 2.44 bits per heavy atom. The van der Waals surface area contributed by atoms with E-state index in [0.717, 1.165) is 0 Å². The number of fused-ring (bicyclic) bond motifs is 1. The van der Waals surface area contributed by atoms with Crippen molar-refractivity contribution in [2.24, 2.45) is 0 Å². The number of hydrogen-bond donors (Lipinski definition) is 0. The van der Waals surface area contributed by atoms with Gasteiger partial charge in [0.15, 0.2) is 11.5 Å². The second-order valence-electron chi connectivity index (χ2n) is 11.1. The van der Waals surface area contributed by atoms with Gasteiger partial charge in [0, 0.05) is 39.8 Å². The first-order valence-corrected chi connectivity index (χ1v) is 13.5. The van der Waals surface area contributed by atoms with E-state index in [9.17, 15) is 9.59 Å². The third-order valence-electron chi connectivity index (χ3n) is 6.34. The van der Waals surface area contributed by atoms with Crippen molar-refractivity contribution >= 4 is 52.0 Å². The maximum absolute atomic E-state index is 13.8. The van der Waals surface area contributed by atoms with Gasteiger partial charge in [0.25, 0.3) is 0 Å². The highest BCUT2D eigenvalue weighted by atomic mass is 35.5. The molecule has 3 aromatic rings. The van der Waals surface area contributed by atoms with Crippen LogP contribution in [0.5, 0.6) is 0 Å². The second kappa shape index (κ2) is 10.8. The van der Waals surface area contributed by atoms with Gasteiger partial charge in [0.05, 0.1) is 16.1 Å². The van der Waals surface area contributed by atoms with Crippen LogP contribution in [-0.4, -0.2) is 80.9 Å². The quantitative estimate of drug-likeness (QED) is 0.414. The Balaban J connectivity index is 1.89. The molecule has 0 bridgehead atoms. The van der Waals surface area contributed by atoms with Crippen molar-refractivity contribution < 1.29 is 9.53 Å². The van der Waals surface area contributed by atoms with Crippen molar-refractivity contribution in [2.75, 3.05) is 43.5 Å². The van der Waals surface area contributed by atoms with E-state index in [4.69, 9.17) is 27.9 Å². The van der Waals surface area contributed by atoms with E-state index in [1.165, 1.54) is 10.9 Å². The van der Waals surface area contributed by atoms with Crippen LogP contribution < -0.4 is 15.5 Å². The van der Waals surface area contributed by atoms with E-state index in [1.807, 2.05) is 65.4 Å². The lowest BCUT2D eigenvalue weighted by atomic mass is 10.1. The Hall–Kier alpha value is -3.18. The summed E-state index contributed by atoms with van der Waals surface area (Å²) < 4.78 is 6.96. The summed E-state index contributed by atoms with van der Waals surface area (Å²) in [5.41, 5.74) is 0.299. The second-order valence-corrected chi connectivity index (χ2v) is 11.9. The topological polar surface area (TPSA) is 110 Å². The van der Waals surface area contributed by atoms with E-state index in [-0.39, 0.29) is 28.2 Å². The fourth-order valence-electron chi connectivity index (χ4n) is 4.62. The number of pyridine rings is 1. The van der Waals surface area contributed by atoms with Crippen LogP contribution in [0.3, 0.4) is 0 Å². The lowest BCUT2D eigenvalue weighted by Crippen LogP contribution is -2.55. The lowest BCUT2D eigenvalue weighted by Gasteiger charge is -2.41. The molecule has 1 saturated heterocycles. The lowest BCUT2D eigenvalue weighted by molar-refractivity contribution is 0.0218. The van der Waals surface area contributed by atoms with E-state index >= 15 is 0 Å². The number of aromatic nitrogens is 5. The summed E-state index contributed by atoms with van der Waals surface area (Å²) in [4.78, 5) is 50.0.